The van der Waals surface area contributed by atoms with Gasteiger partial charge in [-0.15, -0.1) is 0 Å². The van der Waals surface area contributed by atoms with Crippen molar-refractivity contribution in [1.29, 1.82) is 0 Å². The van der Waals surface area contributed by atoms with Crippen molar-refractivity contribution in [3.8, 4) is 0 Å². The maximum atomic E-state index is 8.55. The van der Waals surface area contributed by atoms with E-state index in [1.165, 1.54) is 16.7 Å². The molecule has 1 aromatic carbocycles. The Labute approximate surface area is 298 Å². The fourth-order valence-electron chi connectivity index (χ4n) is 1.90. The number of hydrogen-bond acceptors (Lipinski definition) is 4. The summed E-state index contributed by atoms with van der Waals surface area (Å²) < 4.78 is 5.71. The van der Waals surface area contributed by atoms with Crippen molar-refractivity contribution in [3.63, 3.8) is 0 Å². The highest BCUT2D eigenvalue weighted by atomic mass is 32.1. The first-order valence-electron chi connectivity index (χ1n) is 17.1. The van der Waals surface area contributed by atoms with Crippen LogP contribution in [-0.4, -0.2) is 10.2 Å². The lowest BCUT2D eigenvalue weighted by atomic mass is 10.2. The molecule has 0 aliphatic carbocycles. The predicted molar refractivity (Wildman–Crippen MR) is 218 cm³/mol. The summed E-state index contributed by atoms with van der Waals surface area (Å²) in [5, 5.41) is 12.8. The van der Waals surface area contributed by atoms with Gasteiger partial charge in [-0.1, -0.05) is 152 Å². The second-order valence-electron chi connectivity index (χ2n) is 6.54. The molecule has 0 saturated carbocycles. The van der Waals surface area contributed by atoms with Crippen LogP contribution < -0.4 is 4.73 Å². The number of benzene rings is 1. The Bertz CT molecular complexity index is 896. The van der Waals surface area contributed by atoms with Gasteiger partial charge >= 0.3 is 0 Å². The van der Waals surface area contributed by atoms with E-state index in [0.29, 0.717) is 0 Å². The predicted octanol–water partition coefficient (Wildman–Crippen LogP) is 14.8. The molecule has 4 heterocycles. The van der Waals surface area contributed by atoms with E-state index in [0.717, 1.165) is 4.73 Å². The van der Waals surface area contributed by atoms with Gasteiger partial charge in [-0.05, 0) is 66.9 Å². The van der Waals surface area contributed by atoms with E-state index in [1.807, 2.05) is 152 Å². The van der Waals surface area contributed by atoms with E-state index >= 15 is 0 Å². The van der Waals surface area contributed by atoms with Crippen LogP contribution in [0.5, 0.6) is 0 Å². The minimum absolute atomic E-state index is 0. The minimum atomic E-state index is 0. The van der Waals surface area contributed by atoms with Crippen LogP contribution in [0.3, 0.4) is 0 Å². The van der Waals surface area contributed by atoms with Gasteiger partial charge in [0.25, 0.3) is 0 Å². The number of rotatable bonds is 0. The van der Waals surface area contributed by atoms with E-state index in [1.54, 1.807) is 60.8 Å². The number of thiophene rings is 1. The van der Waals surface area contributed by atoms with Crippen molar-refractivity contribution in [1.82, 2.24) is 4.98 Å². The second-order valence-corrected chi connectivity index (χ2v) is 7.32. The van der Waals surface area contributed by atoms with Gasteiger partial charge < -0.3 is 4.42 Å². The molecule has 0 aliphatic rings. The van der Waals surface area contributed by atoms with E-state index in [9.17, 15) is 0 Å². The highest BCUT2D eigenvalue weighted by Crippen LogP contribution is 2.01. The van der Waals surface area contributed by atoms with Gasteiger partial charge in [0.1, 0.15) is 0 Å². The van der Waals surface area contributed by atoms with Crippen LogP contribution in [0, 0.1) is 20.8 Å². The number of nitrogens with zero attached hydrogens (tertiary/aromatic N) is 2. The van der Waals surface area contributed by atoms with Gasteiger partial charge in [-0.25, -0.2) is 0 Å². The van der Waals surface area contributed by atoms with Crippen LogP contribution in [0.15, 0.2) is 131 Å². The Hall–Kier alpha value is -3.70. The Morgan fingerprint density at radius 2 is 0.957 bits per heavy atom. The van der Waals surface area contributed by atoms with Crippen molar-refractivity contribution in [2.75, 3.05) is 0 Å². The summed E-state index contributed by atoms with van der Waals surface area (Å²) in [6.07, 6.45) is 9.98. The highest BCUT2D eigenvalue weighted by Gasteiger charge is 1.83. The van der Waals surface area contributed by atoms with Crippen LogP contribution in [-0.2, 0) is 0 Å². The van der Waals surface area contributed by atoms with Crippen molar-refractivity contribution < 1.29 is 14.4 Å². The fourth-order valence-corrected chi connectivity index (χ4v) is 2.57. The number of aromatic nitrogens is 2. The van der Waals surface area contributed by atoms with Crippen molar-refractivity contribution in [2.24, 2.45) is 0 Å². The molecule has 0 atom stereocenters. The summed E-state index contributed by atoms with van der Waals surface area (Å²) in [7, 11) is 0. The minimum Gasteiger partial charge on any atom is -0.472 e. The van der Waals surface area contributed by atoms with Gasteiger partial charge in [0, 0.05) is 29.3 Å². The molecule has 1 N–H and O–H groups in total. The van der Waals surface area contributed by atoms with Crippen LogP contribution in [0.25, 0.3) is 0 Å². The summed E-state index contributed by atoms with van der Waals surface area (Å²) in [6.45, 7) is 34.2. The van der Waals surface area contributed by atoms with Crippen molar-refractivity contribution >= 4 is 11.3 Å². The first-order valence-corrected chi connectivity index (χ1v) is 18.0. The Morgan fingerprint density at radius 1 is 0.532 bits per heavy atom. The average molecular weight is 674 g/mol. The molecule has 5 rings (SSSR count). The zero-order valence-electron chi connectivity index (χ0n) is 32.8. The third-order valence-electron chi connectivity index (χ3n) is 3.53. The molecule has 4 nitrogen and oxygen atoms in total. The first-order chi connectivity index (χ1) is 22.6. The third kappa shape index (κ3) is 65.8. The lowest BCUT2D eigenvalue weighted by Gasteiger charge is -1.82. The molecule has 5 aromatic rings. The molecule has 0 saturated heterocycles. The summed E-state index contributed by atoms with van der Waals surface area (Å²) >= 11 is 1.74. The molecule has 47 heavy (non-hydrogen) atoms. The zero-order chi connectivity index (χ0) is 37.3. The third-order valence-corrected chi connectivity index (χ3v) is 4.33. The Kier molecular flexibility index (Phi) is 91.5. The maximum absolute atomic E-state index is 8.55. The average Bonchev–Trinajstić information content (AvgIpc) is 3.86. The zero-order valence-corrected chi connectivity index (χ0v) is 33.6. The second kappa shape index (κ2) is 69.2. The van der Waals surface area contributed by atoms with Gasteiger partial charge in [0.15, 0.2) is 0 Å². The molecule has 0 bridgehead atoms. The van der Waals surface area contributed by atoms with Gasteiger partial charge in [-0.2, -0.15) is 11.3 Å². The summed E-state index contributed by atoms with van der Waals surface area (Å²) in [5.41, 5.74) is 3.86. The van der Waals surface area contributed by atoms with Gasteiger partial charge in [0.05, 0.1) is 12.5 Å². The van der Waals surface area contributed by atoms with Gasteiger partial charge in [0.2, 0.25) is 12.4 Å². The largest absolute Gasteiger partial charge is 0.472 e. The van der Waals surface area contributed by atoms with E-state index < -0.39 is 0 Å². The van der Waals surface area contributed by atoms with Crippen LogP contribution in [0.4, 0.5) is 0 Å². The molecule has 0 unspecified atom stereocenters. The summed E-state index contributed by atoms with van der Waals surface area (Å²) in [5.74, 6) is 0. The fraction of sp³-hybridized carbons (Fsp3) is 0.429. The van der Waals surface area contributed by atoms with Crippen molar-refractivity contribution in [3.05, 3.63) is 144 Å². The van der Waals surface area contributed by atoms with E-state index in [4.69, 9.17) is 9.62 Å². The molecule has 4 aromatic heterocycles. The Balaban J connectivity index is -0.0000000614. The first kappa shape index (κ1) is 62.2. The molecular weight excluding hydrogens is 597 g/mol. The number of pyridine rings is 2. The molecule has 0 amide bonds. The molecule has 5 heteroatoms. The lowest BCUT2D eigenvalue weighted by Crippen LogP contribution is -2.27. The quantitative estimate of drug-likeness (QED) is 0.131. The van der Waals surface area contributed by atoms with E-state index in [2.05, 4.69) is 47.8 Å². The highest BCUT2D eigenvalue weighted by molar-refractivity contribution is 7.07. The summed E-state index contributed by atoms with van der Waals surface area (Å²) in [4.78, 5) is 3.78. The lowest BCUT2D eigenvalue weighted by molar-refractivity contribution is -0.904. The monoisotopic (exact) mass is 674 g/mol. The van der Waals surface area contributed by atoms with Crippen molar-refractivity contribution in [2.45, 2.75) is 125 Å². The number of hydrogen-bond donors (Lipinski definition) is 1. The van der Waals surface area contributed by atoms with Crippen LogP contribution in [0.1, 0.15) is 121 Å². The molecule has 0 aliphatic heterocycles. The Morgan fingerprint density at radius 3 is 1.11 bits per heavy atom. The molecular formula is C42H77N2O2S+. The van der Waals surface area contributed by atoms with Gasteiger partial charge in [-0.3, -0.25) is 10.2 Å². The van der Waals surface area contributed by atoms with E-state index in [-0.39, 0.29) is 7.43 Å². The maximum Gasteiger partial charge on any atom is 0.222 e. The smallest absolute Gasteiger partial charge is 0.222 e. The molecule has 272 valence electrons. The number of aryl methyl sites for hydroxylation is 3. The number of furan rings is 1. The standard InChI is InChI=1S/C7H8.C5H6NO.C5H5N.C5H6O.C5H6S.7C2H6.CH4/c1-7-5-3-2-4-6-7;7-6-4-2-1-3-5-6;1-2-4-6-5-3-1;2*1-5-2-3-6-4-5;7*1-2;/h2-6H,1H3;1-5,7H;1-5H;2*2-4H,1H3;7*1-2H3;1H4/q;+1;;;;;;;;;;;. The van der Waals surface area contributed by atoms with Crippen LogP contribution in [0.2, 0.25) is 0 Å². The normalized spacial score (nSPS) is 6.74. The molecule has 0 fully saturated rings. The summed E-state index contributed by atoms with van der Waals surface area (Å²) in [6, 6.07) is 25.3. The SMILES string of the molecule is C.CC.CC.CC.CC.CC.CC.CC.Cc1ccccc1.Cc1ccoc1.Cc1ccsc1.O[n+]1ccccc1.c1ccncc1. The molecule has 0 spiro atoms. The topological polar surface area (TPSA) is 50.1 Å². The van der Waals surface area contributed by atoms with Crippen LogP contribution >= 0.6 is 11.3 Å². The molecule has 0 radical (unpaired) electrons.